The first kappa shape index (κ1) is 13.8. The summed E-state index contributed by atoms with van der Waals surface area (Å²) >= 11 is 7.74. The Bertz CT molecular complexity index is 638. The van der Waals surface area contributed by atoms with Crippen molar-refractivity contribution >= 4 is 39.0 Å². The van der Waals surface area contributed by atoms with Crippen molar-refractivity contribution in [2.45, 2.75) is 44.9 Å². The van der Waals surface area contributed by atoms with Gasteiger partial charge in [0.05, 0.1) is 5.39 Å². The van der Waals surface area contributed by atoms with E-state index in [1.54, 1.807) is 11.3 Å². The average Bonchev–Trinajstić information content (AvgIpc) is 2.96. The van der Waals surface area contributed by atoms with Crippen LogP contribution in [-0.4, -0.2) is 23.1 Å². The fourth-order valence-corrected chi connectivity index (χ4v) is 5.02. The second-order valence-electron chi connectivity index (χ2n) is 6.50. The van der Waals surface area contributed by atoms with E-state index in [1.807, 2.05) is 0 Å². The molecule has 112 valence electrons. The Hall–Kier alpha value is -0.870. The van der Waals surface area contributed by atoms with Crippen LogP contribution in [-0.2, 0) is 0 Å². The summed E-state index contributed by atoms with van der Waals surface area (Å²) in [6.45, 7) is 2.22. The predicted molar refractivity (Wildman–Crippen MR) is 89.4 cm³/mol. The maximum Gasteiger partial charge on any atom is 0.225 e. The van der Waals surface area contributed by atoms with Crippen molar-refractivity contribution in [3.05, 3.63) is 16.7 Å². The van der Waals surface area contributed by atoms with Crippen molar-refractivity contribution in [3.8, 4) is 0 Å². The van der Waals surface area contributed by atoms with Gasteiger partial charge in [0.15, 0.2) is 0 Å². The van der Waals surface area contributed by atoms with Gasteiger partial charge >= 0.3 is 0 Å². The van der Waals surface area contributed by atoms with E-state index in [9.17, 15) is 0 Å². The molecule has 1 aliphatic carbocycles. The third-order valence-corrected chi connectivity index (χ3v) is 6.29. The lowest BCUT2D eigenvalue weighted by Gasteiger charge is -2.44. The number of halogens is 1. The molecule has 2 fully saturated rings. The summed E-state index contributed by atoms with van der Waals surface area (Å²) in [6.07, 6.45) is 9.75. The maximum atomic E-state index is 6.10. The van der Waals surface area contributed by atoms with Crippen LogP contribution in [0.3, 0.4) is 0 Å². The number of hydrogen-bond donors (Lipinski definition) is 0. The Morgan fingerprint density at radius 2 is 1.81 bits per heavy atom. The molecule has 0 radical (unpaired) electrons. The van der Waals surface area contributed by atoms with Crippen molar-refractivity contribution in [2.24, 2.45) is 5.41 Å². The van der Waals surface area contributed by atoms with Gasteiger partial charge in [-0.05, 0) is 54.1 Å². The molecule has 0 unspecified atom stereocenters. The van der Waals surface area contributed by atoms with Crippen LogP contribution in [0.2, 0.25) is 5.28 Å². The number of thiophene rings is 1. The lowest BCUT2D eigenvalue weighted by molar-refractivity contribution is 0.144. The molecule has 3 nitrogen and oxygen atoms in total. The molecule has 2 aliphatic rings. The Morgan fingerprint density at radius 1 is 1.05 bits per heavy atom. The molecular weight excluding hydrogens is 302 g/mol. The molecule has 2 aromatic rings. The second-order valence-corrected chi connectivity index (χ2v) is 7.74. The SMILES string of the molecule is Clc1nc(N2CCC3(CCCCC3)CC2)c2ccsc2n1. The minimum Gasteiger partial charge on any atom is -0.356 e. The first-order valence-corrected chi connectivity index (χ1v) is 9.17. The van der Waals surface area contributed by atoms with Crippen molar-refractivity contribution in [3.63, 3.8) is 0 Å². The highest BCUT2D eigenvalue weighted by Crippen LogP contribution is 2.45. The van der Waals surface area contributed by atoms with Crippen molar-refractivity contribution in [2.75, 3.05) is 18.0 Å². The Kier molecular flexibility index (Phi) is 3.54. The average molecular weight is 322 g/mol. The zero-order valence-electron chi connectivity index (χ0n) is 12.1. The fourth-order valence-electron chi connectivity index (χ4n) is 4.05. The number of piperidine rings is 1. The van der Waals surface area contributed by atoms with Gasteiger partial charge in [-0.3, -0.25) is 0 Å². The van der Waals surface area contributed by atoms with E-state index in [4.69, 9.17) is 11.6 Å². The third-order valence-electron chi connectivity index (χ3n) is 5.32. The van der Waals surface area contributed by atoms with Gasteiger partial charge in [-0.25, -0.2) is 4.98 Å². The van der Waals surface area contributed by atoms with Crippen LogP contribution in [0.25, 0.3) is 10.2 Å². The molecule has 4 rings (SSSR count). The van der Waals surface area contributed by atoms with E-state index in [2.05, 4.69) is 26.3 Å². The Morgan fingerprint density at radius 3 is 2.57 bits per heavy atom. The number of anilines is 1. The highest BCUT2D eigenvalue weighted by molar-refractivity contribution is 7.16. The first-order chi connectivity index (χ1) is 10.3. The van der Waals surface area contributed by atoms with Crippen molar-refractivity contribution in [1.82, 2.24) is 9.97 Å². The number of fused-ring (bicyclic) bond motifs is 1. The zero-order chi connectivity index (χ0) is 14.3. The van der Waals surface area contributed by atoms with E-state index in [1.165, 1.54) is 44.9 Å². The quantitative estimate of drug-likeness (QED) is 0.700. The van der Waals surface area contributed by atoms with Crippen molar-refractivity contribution in [1.29, 1.82) is 0 Å². The number of hydrogen-bond acceptors (Lipinski definition) is 4. The van der Waals surface area contributed by atoms with Gasteiger partial charge in [0, 0.05) is 13.1 Å². The van der Waals surface area contributed by atoms with Crippen LogP contribution >= 0.6 is 22.9 Å². The van der Waals surface area contributed by atoms with Crippen molar-refractivity contribution < 1.29 is 0 Å². The number of aromatic nitrogens is 2. The largest absolute Gasteiger partial charge is 0.356 e. The Labute approximate surface area is 134 Å². The van der Waals surface area contributed by atoms with Crippen LogP contribution in [0.1, 0.15) is 44.9 Å². The predicted octanol–water partition coefficient (Wildman–Crippen LogP) is 4.90. The molecule has 0 atom stereocenters. The van der Waals surface area contributed by atoms with E-state index in [-0.39, 0.29) is 0 Å². The molecule has 1 aliphatic heterocycles. The third kappa shape index (κ3) is 2.53. The summed E-state index contributed by atoms with van der Waals surface area (Å²) in [6, 6.07) is 2.12. The van der Waals surface area contributed by atoms with Gasteiger partial charge in [0.1, 0.15) is 10.6 Å². The van der Waals surface area contributed by atoms with Crippen LogP contribution < -0.4 is 4.90 Å². The zero-order valence-corrected chi connectivity index (χ0v) is 13.7. The molecule has 0 aromatic carbocycles. The smallest absolute Gasteiger partial charge is 0.225 e. The highest BCUT2D eigenvalue weighted by Gasteiger charge is 2.36. The molecule has 5 heteroatoms. The molecular formula is C16H20ClN3S. The van der Waals surface area contributed by atoms with E-state index >= 15 is 0 Å². The van der Waals surface area contributed by atoms with E-state index in [0.717, 1.165) is 29.1 Å². The summed E-state index contributed by atoms with van der Waals surface area (Å²) in [5.74, 6) is 1.04. The lowest BCUT2D eigenvalue weighted by Crippen LogP contribution is -2.41. The van der Waals surface area contributed by atoms with E-state index < -0.39 is 0 Å². The summed E-state index contributed by atoms with van der Waals surface area (Å²) in [4.78, 5) is 12.3. The van der Waals surface area contributed by atoms with E-state index in [0.29, 0.717) is 10.7 Å². The summed E-state index contributed by atoms with van der Waals surface area (Å²) < 4.78 is 0. The molecule has 1 saturated carbocycles. The molecule has 3 heterocycles. The molecule has 0 N–H and O–H groups in total. The van der Waals surface area contributed by atoms with Gasteiger partial charge < -0.3 is 4.90 Å². The molecule has 1 spiro atoms. The summed E-state index contributed by atoms with van der Waals surface area (Å²) in [5, 5.41) is 3.60. The molecule has 0 bridgehead atoms. The summed E-state index contributed by atoms with van der Waals surface area (Å²) in [5.41, 5.74) is 0.624. The monoisotopic (exact) mass is 321 g/mol. The van der Waals surface area contributed by atoms with Gasteiger partial charge in [-0.1, -0.05) is 19.3 Å². The topological polar surface area (TPSA) is 29.0 Å². The van der Waals surface area contributed by atoms with Gasteiger partial charge in [-0.15, -0.1) is 11.3 Å². The molecule has 1 saturated heterocycles. The lowest BCUT2D eigenvalue weighted by atomic mass is 9.68. The van der Waals surface area contributed by atoms with Gasteiger partial charge in [0.25, 0.3) is 0 Å². The highest BCUT2D eigenvalue weighted by atomic mass is 35.5. The van der Waals surface area contributed by atoms with Crippen LogP contribution in [0.5, 0.6) is 0 Å². The number of rotatable bonds is 1. The number of nitrogens with zero attached hydrogens (tertiary/aromatic N) is 3. The van der Waals surface area contributed by atoms with Gasteiger partial charge in [-0.2, -0.15) is 4.98 Å². The maximum absolute atomic E-state index is 6.10. The molecule has 21 heavy (non-hydrogen) atoms. The second kappa shape index (κ2) is 5.40. The fraction of sp³-hybridized carbons (Fsp3) is 0.625. The molecule has 2 aromatic heterocycles. The van der Waals surface area contributed by atoms with Crippen LogP contribution in [0, 0.1) is 5.41 Å². The minimum absolute atomic E-state index is 0.373. The van der Waals surface area contributed by atoms with Crippen LogP contribution in [0.15, 0.2) is 11.4 Å². The normalized spacial score (nSPS) is 22.0. The Balaban J connectivity index is 1.58. The van der Waals surface area contributed by atoms with Gasteiger partial charge in [0.2, 0.25) is 5.28 Å². The summed E-state index contributed by atoms with van der Waals surface area (Å²) in [7, 11) is 0. The first-order valence-electron chi connectivity index (χ1n) is 7.92. The molecule has 0 amide bonds. The van der Waals surface area contributed by atoms with Crippen LogP contribution in [0.4, 0.5) is 5.82 Å². The standard InChI is InChI=1S/C16H20ClN3S/c17-15-18-13(12-4-11-21-14(12)19-15)20-9-7-16(8-10-20)5-2-1-3-6-16/h4,11H,1-3,5-10H2. The minimum atomic E-state index is 0.373.